The Morgan fingerprint density at radius 2 is 2.00 bits per heavy atom. The summed E-state index contributed by atoms with van der Waals surface area (Å²) in [7, 11) is 1.95. The minimum Gasteiger partial charge on any atom is -0.369 e. The fourth-order valence-corrected chi connectivity index (χ4v) is 1.87. The lowest BCUT2D eigenvalue weighted by atomic mass is 10.0. The molecule has 0 aliphatic carbocycles. The first-order valence-electron chi connectivity index (χ1n) is 5.66. The smallest absolute Gasteiger partial charge is 0.231 e. The van der Waals surface area contributed by atoms with E-state index in [2.05, 4.69) is 19.1 Å². The van der Waals surface area contributed by atoms with Crippen LogP contribution in [0.1, 0.15) is 18.9 Å². The average Bonchev–Trinajstić information content (AvgIpc) is 2.26. The van der Waals surface area contributed by atoms with Gasteiger partial charge in [-0.2, -0.15) is 0 Å². The number of carbonyl (C=O) groups excluding carboxylic acids is 1. The van der Waals surface area contributed by atoms with Gasteiger partial charge in [0.05, 0.1) is 6.54 Å². The molecule has 16 heavy (non-hydrogen) atoms. The second-order valence-electron chi connectivity index (χ2n) is 4.13. The fraction of sp³-hybridized carbons (Fsp3) is 0.462. The Bertz CT molecular complexity index is 324. The molecule has 0 saturated heterocycles. The lowest BCUT2D eigenvalue weighted by Crippen LogP contribution is -2.39. The summed E-state index contributed by atoms with van der Waals surface area (Å²) in [5, 5.41) is 0. The Balaban J connectivity index is 2.58. The number of carbonyl (C=O) groups is 1. The zero-order valence-electron chi connectivity index (χ0n) is 10.0. The zero-order chi connectivity index (χ0) is 12.0. The summed E-state index contributed by atoms with van der Waals surface area (Å²) in [6, 6.07) is 10.7. The average molecular weight is 220 g/mol. The number of amides is 1. The molecule has 0 spiro atoms. The Morgan fingerprint density at radius 3 is 2.50 bits per heavy atom. The fourth-order valence-electron chi connectivity index (χ4n) is 1.87. The van der Waals surface area contributed by atoms with Crippen LogP contribution >= 0.6 is 0 Å². The van der Waals surface area contributed by atoms with E-state index in [1.165, 1.54) is 5.56 Å². The molecule has 0 heterocycles. The molecule has 3 heteroatoms. The predicted molar refractivity (Wildman–Crippen MR) is 66.0 cm³/mol. The lowest BCUT2D eigenvalue weighted by Gasteiger charge is -2.25. The normalized spacial score (nSPS) is 12.7. The van der Waals surface area contributed by atoms with Crippen LogP contribution in [0.5, 0.6) is 0 Å². The van der Waals surface area contributed by atoms with Crippen molar-refractivity contribution in [1.82, 2.24) is 4.90 Å². The molecule has 0 radical (unpaired) electrons. The quantitative estimate of drug-likeness (QED) is 0.788. The summed E-state index contributed by atoms with van der Waals surface area (Å²) in [6.07, 6.45) is 1.97. The first kappa shape index (κ1) is 12.7. The van der Waals surface area contributed by atoms with E-state index in [-0.39, 0.29) is 5.91 Å². The highest BCUT2D eigenvalue weighted by Crippen LogP contribution is 2.10. The third kappa shape index (κ3) is 4.03. The molecule has 88 valence electrons. The third-order valence-electron chi connectivity index (χ3n) is 2.81. The van der Waals surface area contributed by atoms with E-state index < -0.39 is 0 Å². The predicted octanol–water partition coefficient (Wildman–Crippen LogP) is 1.42. The van der Waals surface area contributed by atoms with Gasteiger partial charge in [0.25, 0.3) is 0 Å². The molecule has 0 bridgehead atoms. The summed E-state index contributed by atoms with van der Waals surface area (Å²) in [6.45, 7) is 2.45. The van der Waals surface area contributed by atoms with E-state index in [4.69, 9.17) is 5.73 Å². The molecule has 0 saturated carbocycles. The number of hydrogen-bond acceptors (Lipinski definition) is 2. The van der Waals surface area contributed by atoms with E-state index in [1.807, 2.05) is 30.1 Å². The number of benzene rings is 1. The number of primary amides is 1. The summed E-state index contributed by atoms with van der Waals surface area (Å²) < 4.78 is 0. The van der Waals surface area contributed by atoms with E-state index in [0.29, 0.717) is 12.6 Å². The van der Waals surface area contributed by atoms with Crippen LogP contribution in [-0.4, -0.2) is 30.4 Å². The number of nitrogens with zero attached hydrogens (tertiary/aromatic N) is 1. The number of nitrogens with two attached hydrogens (primary N) is 1. The molecule has 0 aliphatic rings. The summed E-state index contributed by atoms with van der Waals surface area (Å²) in [4.78, 5) is 12.9. The standard InChI is InChI=1S/C13H20N2O/c1-3-12(15(2)10-13(14)16)9-11-7-5-4-6-8-11/h4-8,12H,3,9-10H2,1-2H3,(H2,14,16)/t12-/m1/s1. The monoisotopic (exact) mass is 220 g/mol. The van der Waals surface area contributed by atoms with E-state index in [0.717, 1.165) is 12.8 Å². The first-order chi connectivity index (χ1) is 7.63. The van der Waals surface area contributed by atoms with Crippen LogP contribution in [0.3, 0.4) is 0 Å². The van der Waals surface area contributed by atoms with Gasteiger partial charge in [0.2, 0.25) is 5.91 Å². The van der Waals surface area contributed by atoms with E-state index >= 15 is 0 Å². The Kier molecular flexibility index (Phi) is 4.99. The Labute approximate surface area is 97.2 Å². The molecule has 1 aromatic carbocycles. The van der Waals surface area contributed by atoms with Gasteiger partial charge in [0.15, 0.2) is 0 Å². The number of likely N-dealkylation sites (N-methyl/N-ethyl adjacent to an activating group) is 1. The van der Waals surface area contributed by atoms with Gasteiger partial charge in [-0.3, -0.25) is 9.69 Å². The van der Waals surface area contributed by atoms with Crippen molar-refractivity contribution >= 4 is 5.91 Å². The molecular weight excluding hydrogens is 200 g/mol. The summed E-state index contributed by atoms with van der Waals surface area (Å²) >= 11 is 0. The molecule has 0 unspecified atom stereocenters. The van der Waals surface area contributed by atoms with E-state index in [1.54, 1.807) is 0 Å². The molecule has 0 aliphatic heterocycles. The van der Waals surface area contributed by atoms with Crippen molar-refractivity contribution in [2.75, 3.05) is 13.6 Å². The number of rotatable bonds is 6. The molecule has 0 fully saturated rings. The van der Waals surface area contributed by atoms with Gasteiger partial charge in [-0.25, -0.2) is 0 Å². The molecule has 0 aromatic heterocycles. The van der Waals surface area contributed by atoms with Crippen LogP contribution in [0.15, 0.2) is 30.3 Å². The minimum absolute atomic E-state index is 0.269. The van der Waals surface area contributed by atoms with Gasteiger partial charge in [-0.05, 0) is 25.5 Å². The van der Waals surface area contributed by atoms with E-state index in [9.17, 15) is 4.79 Å². The van der Waals surface area contributed by atoms with Gasteiger partial charge in [-0.15, -0.1) is 0 Å². The third-order valence-corrected chi connectivity index (χ3v) is 2.81. The SMILES string of the molecule is CC[C@H](Cc1ccccc1)N(C)CC(N)=O. The molecule has 2 N–H and O–H groups in total. The maximum Gasteiger partial charge on any atom is 0.231 e. The van der Waals surface area contributed by atoms with Gasteiger partial charge in [-0.1, -0.05) is 37.3 Å². The van der Waals surface area contributed by atoms with Gasteiger partial charge in [0.1, 0.15) is 0 Å². The molecule has 1 rings (SSSR count). The molecule has 1 atom stereocenters. The first-order valence-corrected chi connectivity index (χ1v) is 5.66. The van der Waals surface area contributed by atoms with Crippen molar-refractivity contribution in [1.29, 1.82) is 0 Å². The largest absolute Gasteiger partial charge is 0.369 e. The summed E-state index contributed by atoms with van der Waals surface area (Å²) in [5.41, 5.74) is 6.50. The van der Waals surface area contributed by atoms with Crippen LogP contribution in [0.2, 0.25) is 0 Å². The van der Waals surface area contributed by atoms with Gasteiger partial charge in [0, 0.05) is 6.04 Å². The van der Waals surface area contributed by atoms with Crippen LogP contribution in [0, 0.1) is 0 Å². The second kappa shape index (κ2) is 6.28. The Morgan fingerprint density at radius 1 is 1.38 bits per heavy atom. The molecule has 1 aromatic rings. The van der Waals surface area contributed by atoms with Crippen molar-refractivity contribution in [2.24, 2.45) is 5.73 Å². The maximum absolute atomic E-state index is 10.9. The topological polar surface area (TPSA) is 46.3 Å². The van der Waals surface area contributed by atoms with Crippen LogP contribution in [0.4, 0.5) is 0 Å². The van der Waals surface area contributed by atoms with Gasteiger partial charge >= 0.3 is 0 Å². The van der Waals surface area contributed by atoms with Crippen LogP contribution < -0.4 is 5.73 Å². The molecule has 1 amide bonds. The lowest BCUT2D eigenvalue weighted by molar-refractivity contribution is -0.119. The van der Waals surface area contributed by atoms with Crippen molar-refractivity contribution in [3.8, 4) is 0 Å². The van der Waals surface area contributed by atoms with Crippen molar-refractivity contribution in [3.05, 3.63) is 35.9 Å². The Hall–Kier alpha value is -1.35. The van der Waals surface area contributed by atoms with Crippen molar-refractivity contribution in [2.45, 2.75) is 25.8 Å². The highest BCUT2D eigenvalue weighted by atomic mass is 16.1. The molecule has 3 nitrogen and oxygen atoms in total. The maximum atomic E-state index is 10.9. The highest BCUT2D eigenvalue weighted by molar-refractivity contribution is 5.75. The van der Waals surface area contributed by atoms with Crippen LogP contribution in [0.25, 0.3) is 0 Å². The van der Waals surface area contributed by atoms with Crippen molar-refractivity contribution in [3.63, 3.8) is 0 Å². The van der Waals surface area contributed by atoms with Crippen molar-refractivity contribution < 1.29 is 4.79 Å². The minimum atomic E-state index is -0.269. The highest BCUT2D eigenvalue weighted by Gasteiger charge is 2.14. The summed E-state index contributed by atoms with van der Waals surface area (Å²) in [5.74, 6) is -0.269. The zero-order valence-corrected chi connectivity index (χ0v) is 10.0. The molecular formula is C13H20N2O. The second-order valence-corrected chi connectivity index (χ2v) is 4.13. The van der Waals surface area contributed by atoms with Gasteiger partial charge < -0.3 is 5.73 Å². The van der Waals surface area contributed by atoms with Crippen LogP contribution in [-0.2, 0) is 11.2 Å². The number of hydrogen-bond donors (Lipinski definition) is 1.